The highest BCUT2D eigenvalue weighted by atomic mass is 16.2. The molecule has 5 nitrogen and oxygen atoms in total. The van der Waals surface area contributed by atoms with Crippen LogP contribution >= 0.6 is 0 Å². The largest absolute Gasteiger partial charge is 0.338 e. The number of pyridine rings is 1. The van der Waals surface area contributed by atoms with E-state index in [1.807, 2.05) is 49.6 Å². The molecule has 2 rings (SSSR count). The van der Waals surface area contributed by atoms with Crippen LogP contribution in [0.1, 0.15) is 28.7 Å². The van der Waals surface area contributed by atoms with Crippen molar-refractivity contribution in [1.82, 2.24) is 14.5 Å². The molecule has 21 heavy (non-hydrogen) atoms. The molecule has 1 unspecified atom stereocenters. The Labute approximate surface area is 125 Å². The van der Waals surface area contributed by atoms with Crippen LogP contribution in [0.25, 0.3) is 5.82 Å². The highest BCUT2D eigenvalue weighted by molar-refractivity contribution is 5.96. The van der Waals surface area contributed by atoms with E-state index < -0.39 is 0 Å². The van der Waals surface area contributed by atoms with Gasteiger partial charge < -0.3 is 15.2 Å². The van der Waals surface area contributed by atoms with Gasteiger partial charge in [0.05, 0.1) is 5.56 Å². The van der Waals surface area contributed by atoms with Crippen LogP contribution in [0, 0.1) is 13.8 Å². The first-order chi connectivity index (χ1) is 9.97. The van der Waals surface area contributed by atoms with Gasteiger partial charge in [0, 0.05) is 37.2 Å². The van der Waals surface area contributed by atoms with Gasteiger partial charge in [0.2, 0.25) is 0 Å². The van der Waals surface area contributed by atoms with Crippen molar-refractivity contribution < 1.29 is 4.79 Å². The Morgan fingerprint density at radius 3 is 2.71 bits per heavy atom. The van der Waals surface area contributed by atoms with Crippen molar-refractivity contribution in [2.24, 2.45) is 5.73 Å². The molecule has 0 aliphatic heterocycles. The van der Waals surface area contributed by atoms with Gasteiger partial charge in [0.1, 0.15) is 5.82 Å². The molecule has 2 aromatic rings. The third kappa shape index (κ3) is 2.83. The summed E-state index contributed by atoms with van der Waals surface area (Å²) in [6, 6.07) is 7.66. The maximum Gasteiger partial charge on any atom is 0.255 e. The lowest BCUT2D eigenvalue weighted by Gasteiger charge is -2.23. The molecule has 0 aromatic carbocycles. The van der Waals surface area contributed by atoms with E-state index in [1.54, 1.807) is 18.1 Å². The Morgan fingerprint density at radius 2 is 2.14 bits per heavy atom. The topological polar surface area (TPSA) is 64.2 Å². The summed E-state index contributed by atoms with van der Waals surface area (Å²) < 4.78 is 1.99. The van der Waals surface area contributed by atoms with Gasteiger partial charge in [0.25, 0.3) is 5.91 Å². The van der Waals surface area contributed by atoms with E-state index in [2.05, 4.69) is 4.98 Å². The van der Waals surface area contributed by atoms with Crippen LogP contribution in [0.15, 0.2) is 30.5 Å². The number of likely N-dealkylation sites (N-methyl/N-ethyl adjacent to an activating group) is 1. The van der Waals surface area contributed by atoms with Crippen molar-refractivity contribution in [2.75, 3.05) is 13.6 Å². The van der Waals surface area contributed by atoms with E-state index >= 15 is 0 Å². The zero-order valence-electron chi connectivity index (χ0n) is 13.0. The number of aryl methyl sites for hydroxylation is 1. The number of aromatic nitrogens is 2. The number of nitrogens with zero attached hydrogens (tertiary/aromatic N) is 3. The van der Waals surface area contributed by atoms with Crippen LogP contribution in [0.4, 0.5) is 0 Å². The molecular weight excluding hydrogens is 264 g/mol. The summed E-state index contributed by atoms with van der Waals surface area (Å²) in [7, 11) is 1.78. The van der Waals surface area contributed by atoms with Gasteiger partial charge in [-0.15, -0.1) is 0 Å². The lowest BCUT2D eigenvalue weighted by Crippen LogP contribution is -2.39. The summed E-state index contributed by atoms with van der Waals surface area (Å²) in [5, 5.41) is 0. The summed E-state index contributed by atoms with van der Waals surface area (Å²) in [5.41, 5.74) is 8.22. The molecule has 5 heteroatoms. The van der Waals surface area contributed by atoms with Crippen LogP contribution in [0.3, 0.4) is 0 Å². The maximum atomic E-state index is 12.6. The van der Waals surface area contributed by atoms with Gasteiger partial charge in [-0.3, -0.25) is 4.79 Å². The lowest BCUT2D eigenvalue weighted by atomic mass is 10.2. The molecule has 0 aliphatic rings. The second-order valence-corrected chi connectivity index (χ2v) is 5.31. The highest BCUT2D eigenvalue weighted by Gasteiger charge is 2.22. The fourth-order valence-corrected chi connectivity index (χ4v) is 2.37. The van der Waals surface area contributed by atoms with Crippen LogP contribution in [-0.2, 0) is 0 Å². The van der Waals surface area contributed by atoms with E-state index in [9.17, 15) is 4.79 Å². The number of carbonyl (C=O) groups is 1. The van der Waals surface area contributed by atoms with Gasteiger partial charge in [-0.2, -0.15) is 0 Å². The predicted molar refractivity (Wildman–Crippen MR) is 83.6 cm³/mol. The van der Waals surface area contributed by atoms with Crippen molar-refractivity contribution in [1.29, 1.82) is 0 Å². The van der Waals surface area contributed by atoms with Crippen LogP contribution in [-0.4, -0.2) is 40.0 Å². The molecule has 0 radical (unpaired) electrons. The summed E-state index contributed by atoms with van der Waals surface area (Å²) in [4.78, 5) is 18.6. The second-order valence-electron chi connectivity index (χ2n) is 5.31. The average Bonchev–Trinajstić information content (AvgIpc) is 2.80. The third-order valence-electron chi connectivity index (χ3n) is 3.86. The Bertz CT molecular complexity index is 633. The van der Waals surface area contributed by atoms with Crippen LogP contribution < -0.4 is 5.73 Å². The Balaban J connectivity index is 2.43. The predicted octanol–water partition coefficient (Wildman–Crippen LogP) is 1.91. The van der Waals surface area contributed by atoms with Crippen molar-refractivity contribution in [2.45, 2.75) is 26.8 Å². The van der Waals surface area contributed by atoms with Gasteiger partial charge in [-0.05, 0) is 39.0 Å². The molecule has 2 aromatic heterocycles. The molecule has 0 spiro atoms. The van der Waals surface area contributed by atoms with Gasteiger partial charge >= 0.3 is 0 Å². The first-order valence-electron chi connectivity index (χ1n) is 7.05. The summed E-state index contributed by atoms with van der Waals surface area (Å²) in [5.74, 6) is 0.810. The molecule has 0 fully saturated rings. The highest BCUT2D eigenvalue weighted by Crippen LogP contribution is 2.21. The quantitative estimate of drug-likeness (QED) is 0.933. The van der Waals surface area contributed by atoms with Gasteiger partial charge in [-0.1, -0.05) is 6.07 Å². The molecule has 0 aliphatic carbocycles. The fraction of sp³-hybridized carbons (Fsp3) is 0.375. The molecule has 2 heterocycles. The Morgan fingerprint density at radius 1 is 1.43 bits per heavy atom. The SMILES string of the molecule is Cc1cc(C(=O)N(C)C(C)CN)c(C)n1-c1ccccn1. The molecule has 2 N–H and O–H groups in total. The summed E-state index contributed by atoms with van der Waals surface area (Å²) in [6.45, 7) is 6.30. The van der Waals surface area contributed by atoms with Crippen LogP contribution in [0.5, 0.6) is 0 Å². The second kappa shape index (κ2) is 6.10. The van der Waals surface area contributed by atoms with Crippen molar-refractivity contribution in [3.63, 3.8) is 0 Å². The Hall–Kier alpha value is -2.14. The van der Waals surface area contributed by atoms with Crippen LogP contribution in [0.2, 0.25) is 0 Å². The first kappa shape index (κ1) is 15.3. The molecule has 1 amide bonds. The molecule has 0 bridgehead atoms. The van der Waals surface area contributed by atoms with E-state index in [-0.39, 0.29) is 11.9 Å². The maximum absolute atomic E-state index is 12.6. The monoisotopic (exact) mass is 286 g/mol. The molecule has 1 atom stereocenters. The minimum Gasteiger partial charge on any atom is -0.338 e. The van der Waals surface area contributed by atoms with E-state index in [0.29, 0.717) is 12.1 Å². The van der Waals surface area contributed by atoms with E-state index in [0.717, 1.165) is 17.2 Å². The molecule has 0 saturated carbocycles. The van der Waals surface area contributed by atoms with Crippen molar-refractivity contribution >= 4 is 5.91 Å². The molecule has 0 saturated heterocycles. The van der Waals surface area contributed by atoms with Gasteiger partial charge in [0.15, 0.2) is 0 Å². The first-order valence-corrected chi connectivity index (χ1v) is 7.05. The molecule has 112 valence electrons. The standard InChI is InChI=1S/C16H22N4O/c1-11-9-14(16(21)19(4)12(2)10-17)13(3)20(11)15-7-5-6-8-18-15/h5-9,12H,10,17H2,1-4H3. The van der Waals surface area contributed by atoms with E-state index in [4.69, 9.17) is 5.73 Å². The lowest BCUT2D eigenvalue weighted by molar-refractivity contribution is 0.0747. The minimum absolute atomic E-state index is 0.00964. The number of hydrogen-bond donors (Lipinski definition) is 1. The molecular formula is C16H22N4O. The normalized spacial score (nSPS) is 12.2. The minimum atomic E-state index is -0.0109. The number of carbonyl (C=O) groups excluding carboxylic acids is 1. The van der Waals surface area contributed by atoms with Gasteiger partial charge in [-0.25, -0.2) is 4.98 Å². The number of rotatable bonds is 4. The zero-order chi connectivity index (χ0) is 15.6. The summed E-state index contributed by atoms with van der Waals surface area (Å²) in [6.07, 6.45) is 1.75. The van der Waals surface area contributed by atoms with Crippen molar-refractivity contribution in [3.05, 3.63) is 47.4 Å². The number of hydrogen-bond acceptors (Lipinski definition) is 3. The average molecular weight is 286 g/mol. The van der Waals surface area contributed by atoms with Crippen molar-refractivity contribution in [3.8, 4) is 5.82 Å². The zero-order valence-corrected chi connectivity index (χ0v) is 13.0. The number of amides is 1. The fourth-order valence-electron chi connectivity index (χ4n) is 2.37. The van der Waals surface area contributed by atoms with E-state index in [1.165, 1.54) is 0 Å². The number of nitrogens with two attached hydrogens (primary N) is 1. The third-order valence-corrected chi connectivity index (χ3v) is 3.86. The Kier molecular flexibility index (Phi) is 4.43. The summed E-state index contributed by atoms with van der Waals surface area (Å²) >= 11 is 0. The smallest absolute Gasteiger partial charge is 0.255 e.